The number of hydrogen-bond acceptors (Lipinski definition) is 4. The van der Waals surface area contributed by atoms with Crippen molar-refractivity contribution in [2.75, 3.05) is 5.32 Å². The molecule has 29 heavy (non-hydrogen) atoms. The van der Waals surface area contributed by atoms with Gasteiger partial charge in [-0.15, -0.1) is 11.3 Å². The fourth-order valence-electron chi connectivity index (χ4n) is 3.37. The second-order valence-electron chi connectivity index (χ2n) is 6.83. The van der Waals surface area contributed by atoms with Crippen molar-refractivity contribution in [2.45, 2.75) is 26.3 Å². The first-order valence-electron chi connectivity index (χ1n) is 9.41. The Labute approximate surface area is 173 Å². The van der Waals surface area contributed by atoms with Crippen molar-refractivity contribution in [3.63, 3.8) is 0 Å². The lowest BCUT2D eigenvalue weighted by Crippen LogP contribution is -2.14. The number of nitrogens with zero attached hydrogens (tertiary/aromatic N) is 3. The van der Waals surface area contributed by atoms with Crippen LogP contribution in [0.1, 0.15) is 17.0 Å². The third-order valence-corrected chi connectivity index (χ3v) is 5.66. The monoisotopic (exact) mass is 400 g/mol. The van der Waals surface area contributed by atoms with Crippen LogP contribution in [0.3, 0.4) is 0 Å². The fraction of sp³-hybridized carbons (Fsp3) is 0.174. The van der Waals surface area contributed by atoms with Gasteiger partial charge in [0, 0.05) is 40.3 Å². The Bertz CT molecular complexity index is 1220. The molecule has 2 aromatic heterocycles. The summed E-state index contributed by atoms with van der Waals surface area (Å²) >= 11 is 1.49. The number of nitriles is 1. The average molecular weight is 401 g/mol. The van der Waals surface area contributed by atoms with Crippen molar-refractivity contribution in [2.24, 2.45) is 0 Å². The lowest BCUT2D eigenvalue weighted by atomic mass is 10.1. The number of carbonyl (C=O) groups excluding carboxylic acids is 1. The summed E-state index contributed by atoms with van der Waals surface area (Å²) in [7, 11) is 0. The number of hydrogen-bond donors (Lipinski definition) is 1. The number of nitrogens with one attached hydrogen (secondary N) is 1. The molecule has 6 heteroatoms. The van der Waals surface area contributed by atoms with Crippen LogP contribution >= 0.6 is 11.3 Å². The van der Waals surface area contributed by atoms with Crippen LogP contribution in [0.5, 0.6) is 0 Å². The molecule has 144 valence electrons. The van der Waals surface area contributed by atoms with Crippen molar-refractivity contribution in [1.29, 1.82) is 5.26 Å². The van der Waals surface area contributed by atoms with Gasteiger partial charge >= 0.3 is 0 Å². The largest absolute Gasteiger partial charge is 0.346 e. The van der Waals surface area contributed by atoms with Gasteiger partial charge in [0.15, 0.2) is 0 Å². The molecule has 2 aromatic carbocycles. The molecule has 0 bridgehead atoms. The highest BCUT2D eigenvalue weighted by molar-refractivity contribution is 7.10. The van der Waals surface area contributed by atoms with Gasteiger partial charge in [-0.1, -0.05) is 36.4 Å². The zero-order valence-corrected chi connectivity index (χ0v) is 16.9. The smallest absolute Gasteiger partial charge is 0.231 e. The first kappa shape index (κ1) is 18.9. The normalized spacial score (nSPS) is 10.8. The Morgan fingerprint density at radius 2 is 2.00 bits per heavy atom. The second-order valence-corrected chi connectivity index (χ2v) is 7.77. The summed E-state index contributed by atoms with van der Waals surface area (Å²) in [5.41, 5.74) is 4.84. The molecule has 0 unspecified atom stereocenters. The second kappa shape index (κ2) is 8.29. The van der Waals surface area contributed by atoms with Crippen molar-refractivity contribution in [1.82, 2.24) is 9.55 Å². The van der Waals surface area contributed by atoms with E-state index in [-0.39, 0.29) is 12.3 Å². The topological polar surface area (TPSA) is 70.7 Å². The molecule has 0 radical (unpaired) electrons. The van der Waals surface area contributed by atoms with Gasteiger partial charge in [-0.2, -0.15) is 5.26 Å². The molecule has 0 atom stereocenters. The maximum absolute atomic E-state index is 12.4. The Balaban J connectivity index is 1.56. The summed E-state index contributed by atoms with van der Waals surface area (Å²) < 4.78 is 2.10. The minimum absolute atomic E-state index is 0.0725. The first-order chi connectivity index (χ1) is 14.2. The van der Waals surface area contributed by atoms with E-state index in [0.29, 0.717) is 13.0 Å². The summed E-state index contributed by atoms with van der Waals surface area (Å²) in [6.45, 7) is 2.62. The maximum Gasteiger partial charge on any atom is 0.231 e. The molecule has 0 aliphatic rings. The van der Waals surface area contributed by atoms with Crippen LogP contribution < -0.4 is 5.32 Å². The maximum atomic E-state index is 12.4. The SMILES string of the molecule is Cc1ccccc1NC(=O)Cc1nc(-c2cn(CCC#N)c3ccccc23)cs1. The number of thiazole rings is 1. The first-order valence-corrected chi connectivity index (χ1v) is 10.3. The van der Waals surface area contributed by atoms with Gasteiger partial charge in [-0.25, -0.2) is 4.98 Å². The summed E-state index contributed by atoms with van der Waals surface area (Å²) in [5.74, 6) is -0.0725. The summed E-state index contributed by atoms with van der Waals surface area (Å²) in [6, 6.07) is 18.1. The zero-order chi connectivity index (χ0) is 20.2. The van der Waals surface area contributed by atoms with E-state index in [4.69, 9.17) is 10.2 Å². The van der Waals surface area contributed by atoms with Crippen LogP contribution in [-0.2, 0) is 17.8 Å². The number of carbonyl (C=O) groups is 1. The van der Waals surface area contributed by atoms with Gasteiger partial charge in [-0.3, -0.25) is 4.79 Å². The molecule has 0 saturated heterocycles. The highest BCUT2D eigenvalue weighted by Crippen LogP contribution is 2.31. The molecule has 4 rings (SSSR count). The molecule has 0 saturated carbocycles. The third-order valence-electron chi connectivity index (χ3n) is 4.81. The van der Waals surface area contributed by atoms with Gasteiger partial charge in [0.25, 0.3) is 0 Å². The zero-order valence-electron chi connectivity index (χ0n) is 16.1. The molecule has 1 N–H and O–H groups in total. The lowest BCUT2D eigenvalue weighted by molar-refractivity contribution is -0.115. The summed E-state index contributed by atoms with van der Waals surface area (Å²) in [5, 5.41) is 15.8. The standard InChI is InChI=1S/C23H20N4OS/c1-16-7-2-4-9-19(16)25-22(28)13-23-26-20(15-29-23)18-14-27(12-6-11-24)21-10-5-3-8-17(18)21/h2-5,7-10,14-15H,6,12-13H2,1H3,(H,25,28). The molecular weight excluding hydrogens is 380 g/mol. The van der Waals surface area contributed by atoms with Crippen molar-refractivity contribution in [3.05, 3.63) is 70.7 Å². The van der Waals surface area contributed by atoms with Crippen LogP contribution in [0.4, 0.5) is 5.69 Å². The number of rotatable bonds is 6. The predicted octanol–water partition coefficient (Wildman–Crippen LogP) is 5.17. The van der Waals surface area contributed by atoms with E-state index < -0.39 is 0 Å². The number of benzene rings is 2. The lowest BCUT2D eigenvalue weighted by Gasteiger charge is -2.06. The molecule has 0 spiro atoms. The quantitative estimate of drug-likeness (QED) is 0.485. The highest BCUT2D eigenvalue weighted by Gasteiger charge is 2.14. The molecule has 0 fully saturated rings. The van der Waals surface area contributed by atoms with Crippen LogP contribution in [-0.4, -0.2) is 15.5 Å². The predicted molar refractivity (Wildman–Crippen MR) is 117 cm³/mol. The van der Waals surface area contributed by atoms with E-state index in [9.17, 15) is 4.79 Å². The van der Waals surface area contributed by atoms with E-state index >= 15 is 0 Å². The Morgan fingerprint density at radius 3 is 2.83 bits per heavy atom. The number of para-hydroxylation sites is 2. The number of aromatic nitrogens is 2. The van der Waals surface area contributed by atoms with E-state index in [2.05, 4.69) is 28.1 Å². The van der Waals surface area contributed by atoms with E-state index in [1.807, 2.05) is 54.9 Å². The van der Waals surface area contributed by atoms with Crippen LogP contribution in [0.25, 0.3) is 22.2 Å². The molecule has 0 aliphatic heterocycles. The van der Waals surface area contributed by atoms with Crippen LogP contribution in [0, 0.1) is 18.3 Å². The Kier molecular flexibility index (Phi) is 5.41. The van der Waals surface area contributed by atoms with Crippen molar-refractivity contribution in [3.8, 4) is 17.3 Å². The number of aryl methyl sites for hydroxylation is 2. The van der Waals surface area contributed by atoms with Gasteiger partial charge < -0.3 is 9.88 Å². The van der Waals surface area contributed by atoms with Crippen LogP contribution in [0.2, 0.25) is 0 Å². The average Bonchev–Trinajstić information content (AvgIpc) is 3.32. The Hall–Kier alpha value is -3.43. The minimum Gasteiger partial charge on any atom is -0.346 e. The third kappa shape index (κ3) is 4.05. The molecule has 4 aromatic rings. The number of anilines is 1. The molecule has 0 aliphatic carbocycles. The molecule has 5 nitrogen and oxygen atoms in total. The van der Waals surface area contributed by atoms with Crippen molar-refractivity contribution >= 4 is 33.8 Å². The van der Waals surface area contributed by atoms with E-state index in [0.717, 1.165) is 38.4 Å². The van der Waals surface area contributed by atoms with E-state index in [1.54, 1.807) is 0 Å². The minimum atomic E-state index is -0.0725. The van der Waals surface area contributed by atoms with Crippen LogP contribution in [0.15, 0.2) is 60.1 Å². The Morgan fingerprint density at radius 1 is 1.21 bits per heavy atom. The molecule has 2 heterocycles. The van der Waals surface area contributed by atoms with Gasteiger partial charge in [0.05, 0.1) is 24.6 Å². The van der Waals surface area contributed by atoms with Gasteiger partial charge in [0.1, 0.15) is 5.01 Å². The summed E-state index contributed by atoms with van der Waals surface area (Å²) in [6.07, 6.45) is 2.75. The number of amides is 1. The number of fused-ring (bicyclic) bond motifs is 1. The molecular formula is C23H20N4OS. The summed E-state index contributed by atoms with van der Waals surface area (Å²) in [4.78, 5) is 17.1. The van der Waals surface area contributed by atoms with Crippen molar-refractivity contribution < 1.29 is 4.79 Å². The highest BCUT2D eigenvalue weighted by atomic mass is 32.1. The molecule has 1 amide bonds. The van der Waals surface area contributed by atoms with E-state index in [1.165, 1.54) is 11.3 Å². The van der Waals surface area contributed by atoms with Gasteiger partial charge in [-0.05, 0) is 24.6 Å². The fourth-order valence-corrected chi connectivity index (χ4v) is 4.16. The van der Waals surface area contributed by atoms with Gasteiger partial charge in [0.2, 0.25) is 5.91 Å².